The highest BCUT2D eigenvalue weighted by molar-refractivity contribution is 7.47. The van der Waals surface area contributed by atoms with E-state index in [9.17, 15) is 24.2 Å². The Balaban J connectivity index is 3.48. The van der Waals surface area contributed by atoms with Gasteiger partial charge < -0.3 is 20.1 Å². The summed E-state index contributed by atoms with van der Waals surface area (Å²) in [6, 6.07) is 0. The Kier molecular flexibility index (Phi) is 36.0. The molecule has 0 aliphatic rings. The third-order valence-electron chi connectivity index (χ3n) is 9.04. The van der Waals surface area contributed by atoms with Gasteiger partial charge in [-0.25, -0.2) is 4.57 Å². The van der Waals surface area contributed by atoms with E-state index in [-0.39, 0.29) is 32.1 Å². The van der Waals surface area contributed by atoms with Crippen molar-refractivity contribution in [2.75, 3.05) is 26.4 Å². The van der Waals surface area contributed by atoms with Crippen LogP contribution < -0.4 is 5.32 Å². The number of unbranched alkanes of at least 4 members (excludes halogenated alkanes) is 26. The Labute approximate surface area is 301 Å². The zero-order chi connectivity index (χ0) is 36.1. The summed E-state index contributed by atoms with van der Waals surface area (Å²) >= 11 is 0. The number of ether oxygens (including phenoxy) is 1. The van der Waals surface area contributed by atoms with Crippen molar-refractivity contribution in [3.05, 3.63) is 0 Å². The smallest absolute Gasteiger partial charge is 0.463 e. The van der Waals surface area contributed by atoms with E-state index in [1.807, 2.05) is 0 Å². The molecule has 3 N–H and O–H groups in total. The largest absolute Gasteiger partial charge is 0.472 e. The van der Waals surface area contributed by atoms with E-state index in [2.05, 4.69) is 19.2 Å². The molecule has 0 aromatic heterocycles. The van der Waals surface area contributed by atoms with E-state index >= 15 is 0 Å². The number of carbonyl (C=O) groups is 2. The third kappa shape index (κ3) is 38.1. The van der Waals surface area contributed by atoms with Crippen molar-refractivity contribution in [2.24, 2.45) is 0 Å². The molecule has 0 fully saturated rings. The molecule has 0 aromatic carbocycles. The van der Waals surface area contributed by atoms with Crippen LogP contribution >= 0.6 is 7.82 Å². The van der Waals surface area contributed by atoms with E-state index in [0.29, 0.717) is 6.42 Å². The van der Waals surface area contributed by atoms with Gasteiger partial charge in [-0.1, -0.05) is 181 Å². The monoisotopic (exact) mass is 720 g/mol. The maximum absolute atomic E-state index is 12.0. The summed E-state index contributed by atoms with van der Waals surface area (Å²) in [6.45, 7) is 3.50. The van der Waals surface area contributed by atoms with Crippen LogP contribution in [0.25, 0.3) is 0 Å². The van der Waals surface area contributed by atoms with Crippen LogP contribution in [0.4, 0.5) is 0 Å². The number of rotatable bonds is 39. The summed E-state index contributed by atoms with van der Waals surface area (Å²) in [5.74, 6) is -0.516. The minimum Gasteiger partial charge on any atom is -0.463 e. The molecule has 292 valence electrons. The van der Waals surface area contributed by atoms with E-state index in [0.717, 1.165) is 44.9 Å². The molecule has 0 heterocycles. The number of esters is 1. The summed E-state index contributed by atoms with van der Waals surface area (Å²) in [5.41, 5.74) is 0. The quantitative estimate of drug-likeness (QED) is 0.0325. The lowest BCUT2D eigenvalue weighted by atomic mass is 10.0. The Hall–Kier alpha value is -0.990. The van der Waals surface area contributed by atoms with Crippen LogP contribution in [-0.4, -0.2) is 54.3 Å². The van der Waals surface area contributed by atoms with E-state index in [4.69, 9.17) is 13.8 Å². The van der Waals surface area contributed by atoms with Crippen LogP contribution in [-0.2, 0) is 27.9 Å². The van der Waals surface area contributed by atoms with Gasteiger partial charge in [-0.05, 0) is 12.8 Å². The Bertz CT molecular complexity index is 784. The van der Waals surface area contributed by atoms with Crippen molar-refractivity contribution in [2.45, 2.75) is 213 Å². The molecule has 2 unspecified atom stereocenters. The molecule has 0 aromatic rings. The lowest BCUT2D eigenvalue weighted by Gasteiger charge is -2.15. The lowest BCUT2D eigenvalue weighted by molar-refractivity contribution is -0.147. The second-order valence-corrected chi connectivity index (χ2v) is 15.4. The Morgan fingerprint density at radius 2 is 0.918 bits per heavy atom. The Morgan fingerprint density at radius 1 is 0.551 bits per heavy atom. The maximum atomic E-state index is 12.0. The van der Waals surface area contributed by atoms with Crippen LogP contribution in [0.2, 0.25) is 0 Å². The Morgan fingerprint density at radius 3 is 1.33 bits per heavy atom. The second-order valence-electron chi connectivity index (χ2n) is 14.0. The van der Waals surface area contributed by atoms with E-state index in [1.165, 1.54) is 135 Å². The van der Waals surface area contributed by atoms with Crippen molar-refractivity contribution < 1.29 is 37.9 Å². The SMILES string of the molecule is CCCCCCCCCCCCCCCCCCCCCCCCC(=O)NCCOP(=O)(O)OCC(O)COC(=O)CCCCCCCC. The van der Waals surface area contributed by atoms with Gasteiger partial charge in [0.25, 0.3) is 0 Å². The van der Waals surface area contributed by atoms with Crippen molar-refractivity contribution in [3.63, 3.8) is 0 Å². The summed E-state index contributed by atoms with van der Waals surface area (Å²) in [6.07, 6.45) is 35.1. The van der Waals surface area contributed by atoms with Crippen LogP contribution in [0.15, 0.2) is 0 Å². The molecule has 0 aliphatic heterocycles. The second kappa shape index (κ2) is 36.8. The van der Waals surface area contributed by atoms with Crippen LogP contribution in [0.3, 0.4) is 0 Å². The van der Waals surface area contributed by atoms with Crippen molar-refractivity contribution in [1.29, 1.82) is 0 Å². The number of phosphoric ester groups is 1. The predicted molar refractivity (Wildman–Crippen MR) is 202 cm³/mol. The van der Waals surface area contributed by atoms with Crippen molar-refractivity contribution in [1.82, 2.24) is 5.32 Å². The van der Waals surface area contributed by atoms with Gasteiger partial charge in [0, 0.05) is 19.4 Å². The standard InChI is InChI=1S/C39H78NO8P/c1-3-5-7-9-11-12-13-14-15-16-17-18-19-20-21-22-23-24-25-26-27-29-31-38(42)40-33-34-47-49(44,45)48-36-37(41)35-46-39(43)32-30-28-10-8-6-4-2/h37,41H,3-36H2,1-2H3,(H,40,42)(H,44,45). The average molecular weight is 720 g/mol. The number of carbonyl (C=O) groups excluding carboxylic acids is 2. The number of amides is 1. The lowest BCUT2D eigenvalue weighted by Crippen LogP contribution is -2.27. The summed E-state index contributed by atoms with van der Waals surface area (Å²) in [4.78, 5) is 33.6. The van der Waals surface area contributed by atoms with E-state index < -0.39 is 26.5 Å². The minimum atomic E-state index is -4.40. The van der Waals surface area contributed by atoms with Gasteiger partial charge in [0.2, 0.25) is 5.91 Å². The molecule has 49 heavy (non-hydrogen) atoms. The molecule has 2 atom stereocenters. The molecule has 0 saturated heterocycles. The van der Waals surface area contributed by atoms with Gasteiger partial charge in [-0.3, -0.25) is 18.6 Å². The molecule has 0 radical (unpaired) electrons. The molecule has 0 spiro atoms. The van der Waals surface area contributed by atoms with Gasteiger partial charge in [-0.2, -0.15) is 0 Å². The first-order valence-electron chi connectivity index (χ1n) is 20.5. The first-order valence-corrected chi connectivity index (χ1v) is 22.0. The number of phosphoric acid groups is 1. The fourth-order valence-electron chi connectivity index (χ4n) is 5.91. The van der Waals surface area contributed by atoms with Crippen LogP contribution in [0.5, 0.6) is 0 Å². The highest BCUT2D eigenvalue weighted by Gasteiger charge is 2.23. The first-order chi connectivity index (χ1) is 23.8. The summed E-state index contributed by atoms with van der Waals surface area (Å²) in [5, 5.41) is 12.6. The molecular weight excluding hydrogens is 641 g/mol. The van der Waals surface area contributed by atoms with Crippen molar-refractivity contribution in [3.8, 4) is 0 Å². The molecular formula is C39H78NO8P. The van der Waals surface area contributed by atoms with Crippen molar-refractivity contribution >= 4 is 19.7 Å². The van der Waals surface area contributed by atoms with Gasteiger partial charge in [0.1, 0.15) is 12.7 Å². The maximum Gasteiger partial charge on any atom is 0.472 e. The molecule has 0 bridgehead atoms. The molecule has 1 amide bonds. The zero-order valence-corrected chi connectivity index (χ0v) is 32.8. The normalized spacial score (nSPS) is 13.3. The van der Waals surface area contributed by atoms with Crippen LogP contribution in [0, 0.1) is 0 Å². The van der Waals surface area contributed by atoms with Gasteiger partial charge in [0.05, 0.1) is 13.2 Å². The number of hydrogen-bond acceptors (Lipinski definition) is 7. The fourth-order valence-corrected chi connectivity index (χ4v) is 6.67. The number of aliphatic hydroxyl groups excluding tert-OH is 1. The molecule has 0 aliphatic carbocycles. The number of hydrogen-bond donors (Lipinski definition) is 3. The van der Waals surface area contributed by atoms with Gasteiger partial charge >= 0.3 is 13.8 Å². The third-order valence-corrected chi connectivity index (χ3v) is 10.0. The molecule has 0 saturated carbocycles. The zero-order valence-electron chi connectivity index (χ0n) is 31.9. The summed E-state index contributed by atoms with van der Waals surface area (Å²) in [7, 11) is -4.40. The first kappa shape index (κ1) is 48.0. The molecule has 9 nitrogen and oxygen atoms in total. The highest BCUT2D eigenvalue weighted by Crippen LogP contribution is 2.42. The van der Waals surface area contributed by atoms with E-state index in [1.54, 1.807) is 0 Å². The topological polar surface area (TPSA) is 131 Å². The van der Waals surface area contributed by atoms with Gasteiger partial charge in [0.15, 0.2) is 0 Å². The number of aliphatic hydroxyl groups is 1. The molecule has 0 rings (SSSR count). The number of nitrogens with one attached hydrogen (secondary N) is 1. The predicted octanol–water partition coefficient (Wildman–Crippen LogP) is 10.9. The average Bonchev–Trinajstić information content (AvgIpc) is 3.08. The fraction of sp³-hybridized carbons (Fsp3) is 0.949. The minimum absolute atomic E-state index is 0.0880. The highest BCUT2D eigenvalue weighted by atomic mass is 31.2. The summed E-state index contributed by atoms with van der Waals surface area (Å²) < 4.78 is 26.6. The molecule has 10 heteroatoms. The van der Waals surface area contributed by atoms with Crippen LogP contribution in [0.1, 0.15) is 206 Å². The van der Waals surface area contributed by atoms with Gasteiger partial charge in [-0.15, -0.1) is 0 Å².